The first kappa shape index (κ1) is 23.1. The molecular weight excluding hydrogens is 413 g/mol. The van der Waals surface area contributed by atoms with Crippen LogP contribution in [-0.2, 0) is 17.6 Å². The van der Waals surface area contributed by atoms with Crippen molar-refractivity contribution in [1.29, 1.82) is 0 Å². The number of nitrogens with two attached hydrogens (primary N) is 1. The molecule has 1 aromatic carbocycles. The highest BCUT2D eigenvalue weighted by molar-refractivity contribution is 7.09. The van der Waals surface area contributed by atoms with Gasteiger partial charge in [-0.05, 0) is 43.1 Å². The third-order valence-corrected chi connectivity index (χ3v) is 6.74. The van der Waals surface area contributed by atoms with E-state index in [-0.39, 0.29) is 30.7 Å². The summed E-state index contributed by atoms with van der Waals surface area (Å²) < 4.78 is 0. The molecule has 2 aromatic rings. The second-order valence-corrected chi connectivity index (χ2v) is 8.79. The molecule has 0 spiro atoms. The van der Waals surface area contributed by atoms with Crippen molar-refractivity contribution in [3.8, 4) is 0 Å². The number of fused-ring (bicyclic) bond motifs is 2. The summed E-state index contributed by atoms with van der Waals surface area (Å²) in [4.78, 5) is 17.2. The predicted molar refractivity (Wildman–Crippen MR) is 120 cm³/mol. The molecule has 2 aliphatic carbocycles. The number of benzene rings is 1. The number of hydrogen-bond donors (Lipinski definition) is 2. The Hall–Kier alpha value is -1.14. The van der Waals surface area contributed by atoms with Crippen LogP contribution in [0.1, 0.15) is 48.4 Å². The average molecular weight is 442 g/mol. The topological polar surface area (TPSA) is 68.0 Å². The van der Waals surface area contributed by atoms with E-state index < -0.39 is 0 Å². The predicted octanol–water partition coefficient (Wildman–Crippen LogP) is 4.14. The Morgan fingerprint density at radius 1 is 1.14 bits per heavy atom. The highest BCUT2D eigenvalue weighted by Crippen LogP contribution is 2.39. The van der Waals surface area contributed by atoms with Crippen LogP contribution in [0.3, 0.4) is 0 Å². The van der Waals surface area contributed by atoms with Crippen molar-refractivity contribution in [2.75, 3.05) is 0 Å². The Morgan fingerprint density at radius 2 is 1.82 bits per heavy atom. The molecule has 1 aromatic heterocycles. The van der Waals surface area contributed by atoms with Gasteiger partial charge >= 0.3 is 0 Å². The van der Waals surface area contributed by atoms with Crippen LogP contribution in [0.25, 0.3) is 0 Å². The summed E-state index contributed by atoms with van der Waals surface area (Å²) in [5.74, 6) is 1.23. The van der Waals surface area contributed by atoms with Gasteiger partial charge < -0.3 is 11.1 Å². The molecule has 0 saturated heterocycles. The summed E-state index contributed by atoms with van der Waals surface area (Å²) in [7, 11) is 0. The van der Waals surface area contributed by atoms with E-state index >= 15 is 0 Å². The van der Waals surface area contributed by atoms with E-state index in [1.165, 1.54) is 24.8 Å². The first-order valence-electron chi connectivity index (χ1n) is 9.69. The number of hydrogen-bond acceptors (Lipinski definition) is 4. The van der Waals surface area contributed by atoms with Gasteiger partial charge in [-0.3, -0.25) is 4.79 Å². The van der Waals surface area contributed by atoms with Gasteiger partial charge in [0, 0.05) is 23.9 Å². The van der Waals surface area contributed by atoms with Gasteiger partial charge in [-0.2, -0.15) is 0 Å². The second-order valence-electron chi connectivity index (χ2n) is 7.85. The van der Waals surface area contributed by atoms with E-state index in [2.05, 4.69) is 22.4 Å². The van der Waals surface area contributed by atoms with Crippen LogP contribution in [0.2, 0.25) is 0 Å². The zero-order valence-electron chi connectivity index (χ0n) is 15.9. The smallest absolute Gasteiger partial charge is 0.226 e. The summed E-state index contributed by atoms with van der Waals surface area (Å²) in [6.07, 6.45) is 7.01. The first-order valence-corrected chi connectivity index (χ1v) is 10.6. The molecule has 4 rings (SSSR count). The molecule has 7 heteroatoms. The standard InChI is InChI=1S/C21H27N3OS.2ClH/c22-17-10-15-7-4-8-16(11-17)21(15)24-19(25)12-18-13-26-20(23-18)9-14-5-2-1-3-6-14;;/h1-3,5-6,13,15-17,21H,4,7-12,22H2,(H,24,25);2*1H. The maximum Gasteiger partial charge on any atom is 0.226 e. The molecule has 2 unspecified atom stereocenters. The number of halogens is 2. The minimum atomic E-state index is 0. The molecule has 2 atom stereocenters. The van der Waals surface area contributed by atoms with Crippen molar-refractivity contribution in [2.45, 2.75) is 57.0 Å². The van der Waals surface area contributed by atoms with Crippen molar-refractivity contribution >= 4 is 42.1 Å². The van der Waals surface area contributed by atoms with Crippen LogP contribution in [0.15, 0.2) is 35.7 Å². The normalized spacial score (nSPS) is 25.9. The SMILES string of the molecule is Cl.Cl.NC1CC2CCCC(C1)C2NC(=O)Cc1csc(Cc2ccccc2)n1. The zero-order valence-corrected chi connectivity index (χ0v) is 18.3. The Bertz CT molecular complexity index is 741. The number of carbonyl (C=O) groups excluding carboxylic acids is 1. The molecule has 154 valence electrons. The Labute approximate surface area is 183 Å². The van der Waals surface area contributed by atoms with E-state index in [1.807, 2.05) is 23.6 Å². The van der Waals surface area contributed by atoms with Gasteiger partial charge in [0.2, 0.25) is 5.91 Å². The number of carbonyl (C=O) groups is 1. The summed E-state index contributed by atoms with van der Waals surface area (Å²) in [6.45, 7) is 0. The van der Waals surface area contributed by atoms with E-state index in [0.29, 0.717) is 30.3 Å². The monoisotopic (exact) mass is 441 g/mol. The van der Waals surface area contributed by atoms with Crippen molar-refractivity contribution in [3.05, 3.63) is 52.0 Å². The van der Waals surface area contributed by atoms with Crippen LogP contribution in [-0.4, -0.2) is 23.0 Å². The van der Waals surface area contributed by atoms with Gasteiger partial charge in [0.25, 0.3) is 0 Å². The average Bonchev–Trinajstić information content (AvgIpc) is 3.03. The number of aromatic nitrogens is 1. The van der Waals surface area contributed by atoms with Gasteiger partial charge in [0.1, 0.15) is 0 Å². The molecule has 1 amide bonds. The number of rotatable bonds is 5. The second kappa shape index (κ2) is 10.6. The molecule has 4 nitrogen and oxygen atoms in total. The van der Waals surface area contributed by atoms with Gasteiger partial charge in [-0.15, -0.1) is 36.2 Å². The van der Waals surface area contributed by atoms with Crippen molar-refractivity contribution in [1.82, 2.24) is 10.3 Å². The van der Waals surface area contributed by atoms with Gasteiger partial charge in [-0.1, -0.05) is 36.8 Å². The fraction of sp³-hybridized carbons (Fsp3) is 0.524. The lowest BCUT2D eigenvalue weighted by atomic mass is 9.67. The lowest BCUT2D eigenvalue weighted by molar-refractivity contribution is -0.122. The zero-order chi connectivity index (χ0) is 17.9. The van der Waals surface area contributed by atoms with Crippen molar-refractivity contribution in [2.24, 2.45) is 17.6 Å². The van der Waals surface area contributed by atoms with Crippen LogP contribution < -0.4 is 11.1 Å². The minimum Gasteiger partial charge on any atom is -0.352 e. The van der Waals surface area contributed by atoms with E-state index in [1.54, 1.807) is 11.3 Å². The van der Waals surface area contributed by atoms with Crippen molar-refractivity contribution < 1.29 is 4.79 Å². The van der Waals surface area contributed by atoms with E-state index in [4.69, 9.17) is 5.73 Å². The van der Waals surface area contributed by atoms with Crippen LogP contribution in [0.5, 0.6) is 0 Å². The fourth-order valence-corrected chi connectivity index (χ4v) is 5.54. The highest BCUT2D eigenvalue weighted by Gasteiger charge is 2.39. The molecule has 2 bridgehead atoms. The molecule has 1 heterocycles. The van der Waals surface area contributed by atoms with Crippen LogP contribution in [0.4, 0.5) is 0 Å². The fourth-order valence-electron chi connectivity index (χ4n) is 4.71. The lowest BCUT2D eigenvalue weighted by Crippen LogP contribution is -2.54. The third-order valence-electron chi connectivity index (χ3n) is 5.84. The Balaban J connectivity index is 0.00000140. The number of nitrogens with zero attached hydrogens (tertiary/aromatic N) is 1. The van der Waals surface area contributed by atoms with Gasteiger partial charge in [-0.25, -0.2) is 4.98 Å². The Morgan fingerprint density at radius 3 is 2.50 bits per heavy atom. The molecule has 28 heavy (non-hydrogen) atoms. The summed E-state index contributed by atoms with van der Waals surface area (Å²) >= 11 is 1.64. The molecule has 0 aliphatic heterocycles. The van der Waals surface area contributed by atoms with Crippen molar-refractivity contribution in [3.63, 3.8) is 0 Å². The molecular formula is C21H29Cl2N3OS. The maximum absolute atomic E-state index is 12.6. The molecule has 2 aliphatic rings. The molecule has 2 saturated carbocycles. The summed E-state index contributed by atoms with van der Waals surface area (Å²) in [5, 5.41) is 6.41. The first-order chi connectivity index (χ1) is 12.7. The third kappa shape index (κ3) is 5.69. The van der Waals surface area contributed by atoms with E-state index in [9.17, 15) is 4.79 Å². The van der Waals surface area contributed by atoms with Gasteiger partial charge in [0.15, 0.2) is 0 Å². The quantitative estimate of drug-likeness (QED) is 0.731. The summed E-state index contributed by atoms with van der Waals surface area (Å²) in [6, 6.07) is 11.0. The number of nitrogens with one attached hydrogen (secondary N) is 1. The largest absolute Gasteiger partial charge is 0.352 e. The van der Waals surface area contributed by atoms with Gasteiger partial charge in [0.05, 0.1) is 17.1 Å². The van der Waals surface area contributed by atoms with E-state index in [0.717, 1.165) is 30.0 Å². The maximum atomic E-state index is 12.6. The lowest BCUT2D eigenvalue weighted by Gasteiger charge is -2.45. The number of amides is 1. The summed E-state index contributed by atoms with van der Waals surface area (Å²) in [5.41, 5.74) is 8.33. The molecule has 3 N–H and O–H groups in total. The van der Waals surface area contributed by atoms with Crippen LogP contribution in [0, 0.1) is 11.8 Å². The number of thiazole rings is 1. The Kier molecular flexibility index (Phi) is 8.75. The minimum absolute atomic E-state index is 0. The molecule has 2 fully saturated rings. The molecule has 0 radical (unpaired) electrons. The highest BCUT2D eigenvalue weighted by atomic mass is 35.5. The van der Waals surface area contributed by atoms with Crippen LogP contribution >= 0.6 is 36.2 Å².